The molecule has 150 valence electrons. The molecule has 0 aliphatic rings. The summed E-state index contributed by atoms with van der Waals surface area (Å²) >= 11 is 0. The lowest BCUT2D eigenvalue weighted by molar-refractivity contribution is -0.166. The number of nitrogens with zero attached hydrogens (tertiary/aromatic N) is 1. The van der Waals surface area contributed by atoms with Gasteiger partial charge in [0.25, 0.3) is 0 Å². The average molecular weight is 389 g/mol. The van der Waals surface area contributed by atoms with Gasteiger partial charge in [0.15, 0.2) is 5.78 Å². The summed E-state index contributed by atoms with van der Waals surface area (Å²) in [5, 5.41) is 0. The van der Waals surface area contributed by atoms with Gasteiger partial charge in [0.2, 0.25) is 5.92 Å². The molecule has 0 unspecified atom stereocenters. The van der Waals surface area contributed by atoms with Crippen molar-refractivity contribution in [1.82, 2.24) is 4.57 Å². The van der Waals surface area contributed by atoms with E-state index in [2.05, 4.69) is 0 Å². The van der Waals surface area contributed by atoms with E-state index < -0.39 is 35.0 Å². The summed E-state index contributed by atoms with van der Waals surface area (Å²) in [4.78, 5) is 38.3. The fraction of sp³-hybridized carbons (Fsp3) is 0.381. The maximum Gasteiger partial charge on any atom is 0.328 e. The molecular formula is C21H24FNO5. The lowest BCUT2D eigenvalue weighted by atomic mass is 9.81. The molecule has 0 fully saturated rings. The van der Waals surface area contributed by atoms with E-state index in [-0.39, 0.29) is 19.6 Å². The van der Waals surface area contributed by atoms with Crippen molar-refractivity contribution in [3.63, 3.8) is 0 Å². The maximum absolute atomic E-state index is 13.5. The van der Waals surface area contributed by atoms with Crippen LogP contribution in [0.1, 0.15) is 26.3 Å². The van der Waals surface area contributed by atoms with Gasteiger partial charge < -0.3 is 14.0 Å². The van der Waals surface area contributed by atoms with Crippen LogP contribution in [0.3, 0.4) is 0 Å². The summed E-state index contributed by atoms with van der Waals surface area (Å²) in [5.41, 5.74) is -0.608. The molecule has 2 rings (SSSR count). The minimum Gasteiger partial charge on any atom is -0.465 e. The SMILES string of the molecule is CCOC(=O)C(C(=O)OCC)C(=O)[C@](C)(Cc1ccc(F)cc1)n1cccc1. The molecule has 1 heterocycles. The van der Waals surface area contributed by atoms with Crippen LogP contribution < -0.4 is 0 Å². The molecule has 0 bridgehead atoms. The predicted octanol–water partition coefficient (Wildman–Crippen LogP) is 2.90. The lowest BCUT2D eigenvalue weighted by Crippen LogP contribution is -2.49. The predicted molar refractivity (Wildman–Crippen MR) is 99.9 cm³/mol. The topological polar surface area (TPSA) is 74.6 Å². The number of hydrogen-bond donors (Lipinski definition) is 0. The second-order valence-electron chi connectivity index (χ2n) is 6.47. The highest BCUT2D eigenvalue weighted by Gasteiger charge is 2.47. The second kappa shape index (κ2) is 9.30. The Kier molecular flexibility index (Phi) is 7.09. The summed E-state index contributed by atoms with van der Waals surface area (Å²) in [5.74, 6) is -4.63. The molecule has 6 nitrogen and oxygen atoms in total. The van der Waals surface area contributed by atoms with E-state index in [0.717, 1.165) is 0 Å². The molecule has 7 heteroatoms. The first-order valence-electron chi connectivity index (χ1n) is 9.09. The van der Waals surface area contributed by atoms with Crippen LogP contribution in [0.25, 0.3) is 0 Å². The van der Waals surface area contributed by atoms with Crippen LogP contribution in [0.5, 0.6) is 0 Å². The molecule has 28 heavy (non-hydrogen) atoms. The Morgan fingerprint density at radius 2 is 1.50 bits per heavy atom. The van der Waals surface area contributed by atoms with Gasteiger partial charge in [-0.25, -0.2) is 4.39 Å². The number of halogens is 1. The zero-order chi connectivity index (χ0) is 20.7. The van der Waals surface area contributed by atoms with Gasteiger partial charge >= 0.3 is 11.9 Å². The molecule has 0 spiro atoms. The van der Waals surface area contributed by atoms with Crippen molar-refractivity contribution < 1.29 is 28.2 Å². The number of ether oxygens (including phenoxy) is 2. The summed E-state index contributed by atoms with van der Waals surface area (Å²) in [6.07, 6.45) is 3.50. The van der Waals surface area contributed by atoms with Crippen molar-refractivity contribution in [2.45, 2.75) is 32.7 Å². The quantitative estimate of drug-likeness (QED) is 0.487. The van der Waals surface area contributed by atoms with E-state index in [4.69, 9.17) is 9.47 Å². The third-order valence-electron chi connectivity index (χ3n) is 4.47. The first-order valence-corrected chi connectivity index (χ1v) is 9.09. The third-order valence-corrected chi connectivity index (χ3v) is 4.47. The molecule has 0 N–H and O–H groups in total. The number of carbonyl (C=O) groups excluding carboxylic acids is 3. The van der Waals surface area contributed by atoms with Crippen LogP contribution in [0.4, 0.5) is 4.39 Å². The van der Waals surface area contributed by atoms with Gasteiger partial charge in [0, 0.05) is 18.8 Å². The fourth-order valence-corrected chi connectivity index (χ4v) is 3.04. The van der Waals surface area contributed by atoms with Crippen LogP contribution in [-0.2, 0) is 35.8 Å². The molecule has 1 aromatic carbocycles. The third kappa shape index (κ3) is 4.65. The Labute approximate surface area is 163 Å². The Balaban J connectivity index is 2.47. The molecule has 0 radical (unpaired) electrons. The molecule has 2 aromatic rings. The molecule has 0 saturated heterocycles. The van der Waals surface area contributed by atoms with Crippen molar-refractivity contribution in [1.29, 1.82) is 0 Å². The number of Topliss-reactive ketones (excluding diaryl/α,β-unsaturated/α-hetero) is 1. The number of hydrogen-bond acceptors (Lipinski definition) is 5. The fourth-order valence-electron chi connectivity index (χ4n) is 3.04. The Morgan fingerprint density at radius 1 is 1.00 bits per heavy atom. The van der Waals surface area contributed by atoms with Gasteiger partial charge in [-0.2, -0.15) is 0 Å². The van der Waals surface area contributed by atoms with Crippen LogP contribution in [0, 0.1) is 11.7 Å². The minimum absolute atomic E-state index is 0.0280. The number of benzene rings is 1. The number of ketones is 1. The molecule has 0 aliphatic heterocycles. The molecule has 1 atom stereocenters. The molecule has 0 aliphatic carbocycles. The van der Waals surface area contributed by atoms with Crippen molar-refractivity contribution >= 4 is 17.7 Å². The van der Waals surface area contributed by atoms with E-state index in [1.807, 2.05) is 0 Å². The Morgan fingerprint density at radius 3 is 1.96 bits per heavy atom. The number of aromatic nitrogens is 1. The summed E-state index contributed by atoms with van der Waals surface area (Å²) in [6.45, 7) is 4.87. The number of esters is 2. The van der Waals surface area contributed by atoms with Gasteiger partial charge in [-0.05, 0) is 50.6 Å². The zero-order valence-electron chi connectivity index (χ0n) is 16.2. The Bertz CT molecular complexity index is 798. The second-order valence-corrected chi connectivity index (χ2v) is 6.47. The molecular weight excluding hydrogens is 365 g/mol. The Hall–Kier alpha value is -2.96. The highest BCUT2D eigenvalue weighted by Crippen LogP contribution is 2.28. The zero-order valence-corrected chi connectivity index (χ0v) is 16.2. The summed E-state index contributed by atoms with van der Waals surface area (Å²) < 4.78 is 24.8. The first-order chi connectivity index (χ1) is 13.3. The van der Waals surface area contributed by atoms with Crippen molar-refractivity contribution in [3.8, 4) is 0 Å². The van der Waals surface area contributed by atoms with E-state index in [0.29, 0.717) is 5.56 Å². The van der Waals surface area contributed by atoms with E-state index in [9.17, 15) is 18.8 Å². The smallest absolute Gasteiger partial charge is 0.328 e. The summed E-state index contributed by atoms with van der Waals surface area (Å²) in [6, 6.07) is 9.19. The standard InChI is InChI=1S/C21H24FNO5/c1-4-27-19(25)17(20(26)28-5-2)18(24)21(3,23-12-6-7-13-23)14-15-8-10-16(22)11-9-15/h6-13,17H,4-5,14H2,1-3H3/t21-/m0/s1. The normalized spacial score (nSPS) is 13.0. The lowest BCUT2D eigenvalue weighted by Gasteiger charge is -2.32. The monoisotopic (exact) mass is 389 g/mol. The van der Waals surface area contributed by atoms with Gasteiger partial charge in [-0.3, -0.25) is 14.4 Å². The first kappa shape index (κ1) is 21.3. The minimum atomic E-state index is -1.70. The maximum atomic E-state index is 13.5. The van der Waals surface area contributed by atoms with E-state index in [1.54, 1.807) is 62.0 Å². The number of rotatable bonds is 9. The van der Waals surface area contributed by atoms with Gasteiger partial charge in [-0.15, -0.1) is 0 Å². The van der Waals surface area contributed by atoms with Crippen molar-refractivity contribution in [3.05, 3.63) is 60.2 Å². The van der Waals surface area contributed by atoms with Crippen LogP contribution in [-0.4, -0.2) is 35.5 Å². The highest BCUT2D eigenvalue weighted by atomic mass is 19.1. The highest BCUT2D eigenvalue weighted by molar-refractivity contribution is 6.17. The van der Waals surface area contributed by atoms with Gasteiger partial charge in [0.1, 0.15) is 11.4 Å². The molecule has 0 saturated carbocycles. The van der Waals surface area contributed by atoms with E-state index in [1.165, 1.54) is 12.1 Å². The van der Waals surface area contributed by atoms with Crippen LogP contribution in [0.15, 0.2) is 48.8 Å². The largest absolute Gasteiger partial charge is 0.465 e. The van der Waals surface area contributed by atoms with Crippen LogP contribution in [0.2, 0.25) is 0 Å². The molecule has 1 aromatic heterocycles. The van der Waals surface area contributed by atoms with Gasteiger partial charge in [0.05, 0.1) is 13.2 Å². The van der Waals surface area contributed by atoms with Crippen molar-refractivity contribution in [2.75, 3.05) is 13.2 Å². The number of carbonyl (C=O) groups is 3. The van der Waals surface area contributed by atoms with Gasteiger partial charge in [-0.1, -0.05) is 12.1 Å². The van der Waals surface area contributed by atoms with Crippen LogP contribution >= 0.6 is 0 Å². The van der Waals surface area contributed by atoms with Crippen molar-refractivity contribution in [2.24, 2.45) is 5.92 Å². The molecule has 0 amide bonds. The average Bonchev–Trinajstić information content (AvgIpc) is 3.19. The summed E-state index contributed by atoms with van der Waals surface area (Å²) in [7, 11) is 0. The van der Waals surface area contributed by atoms with E-state index >= 15 is 0 Å².